The number of benzene rings is 1. The number of rotatable bonds is 7. The molecule has 2 saturated heterocycles. The second kappa shape index (κ2) is 11.4. The SMILES string of the molecule is Cc1cc(Cl)cc(-c2ncnc3cc(CN4C(=O)CCN(CC(F)F)C4=O)sc23)c1CN1[C@H](C)CNC[C@H]1C. The molecule has 2 fully saturated rings. The molecule has 4 heterocycles. The Morgan fingerprint density at radius 3 is 2.59 bits per heavy atom. The third-order valence-corrected chi connectivity index (χ3v) is 8.81. The number of halogens is 3. The van der Waals surface area contributed by atoms with Gasteiger partial charge in [0.15, 0.2) is 0 Å². The Morgan fingerprint density at radius 1 is 1.13 bits per heavy atom. The van der Waals surface area contributed by atoms with E-state index < -0.39 is 19.0 Å². The smallest absolute Gasteiger partial charge is 0.318 e. The van der Waals surface area contributed by atoms with Crippen LogP contribution in [0.2, 0.25) is 5.02 Å². The monoisotopic (exact) mass is 576 g/mol. The van der Waals surface area contributed by atoms with Crippen LogP contribution < -0.4 is 5.32 Å². The molecule has 8 nitrogen and oxygen atoms in total. The molecule has 0 bridgehead atoms. The number of nitrogens with one attached hydrogen (secondary N) is 1. The molecular formula is C27H31ClF2N6O2S. The number of carbonyl (C=O) groups excluding carboxylic acids is 2. The summed E-state index contributed by atoms with van der Waals surface area (Å²) in [4.78, 5) is 39.7. The van der Waals surface area contributed by atoms with Crippen molar-refractivity contribution in [1.82, 2.24) is 30.0 Å². The van der Waals surface area contributed by atoms with Gasteiger partial charge in [-0.3, -0.25) is 14.6 Å². The zero-order valence-electron chi connectivity index (χ0n) is 22.1. The van der Waals surface area contributed by atoms with Crippen molar-refractivity contribution < 1.29 is 18.4 Å². The Bertz CT molecular complexity index is 1390. The Kier molecular flexibility index (Phi) is 8.14. The minimum absolute atomic E-state index is 0.00174. The third kappa shape index (κ3) is 5.77. The van der Waals surface area contributed by atoms with Crippen LogP contribution >= 0.6 is 22.9 Å². The number of urea groups is 1. The van der Waals surface area contributed by atoms with Gasteiger partial charge in [-0.2, -0.15) is 0 Å². The Labute approximate surface area is 234 Å². The van der Waals surface area contributed by atoms with Gasteiger partial charge in [0.25, 0.3) is 6.43 Å². The first kappa shape index (κ1) is 27.8. The molecule has 3 amide bonds. The number of amides is 3. The van der Waals surface area contributed by atoms with E-state index in [1.54, 1.807) is 0 Å². The summed E-state index contributed by atoms with van der Waals surface area (Å²) >= 11 is 7.93. The molecular weight excluding hydrogens is 546 g/mol. The lowest BCUT2D eigenvalue weighted by Crippen LogP contribution is -2.54. The molecule has 0 radical (unpaired) electrons. The Hall–Kier alpha value is -2.73. The average Bonchev–Trinajstić information content (AvgIpc) is 3.29. The number of alkyl halides is 2. The summed E-state index contributed by atoms with van der Waals surface area (Å²) in [6.45, 7) is 8.37. The van der Waals surface area contributed by atoms with Gasteiger partial charge in [-0.05, 0) is 50.1 Å². The van der Waals surface area contributed by atoms with Crippen molar-refractivity contribution >= 4 is 45.1 Å². The summed E-state index contributed by atoms with van der Waals surface area (Å²) in [7, 11) is 0. The van der Waals surface area contributed by atoms with Crippen molar-refractivity contribution in [3.8, 4) is 11.3 Å². The summed E-state index contributed by atoms with van der Waals surface area (Å²) < 4.78 is 26.7. The standard InChI is InChI=1S/C27H31ClF2N6O2S/c1-15-6-18(28)7-20(21(15)12-35-16(2)9-31-10-17(35)3)25-26-22(32-14-33-25)8-19(39-26)11-36-24(37)4-5-34(27(36)38)13-23(29)30/h6-8,14,16-17,23,31H,4-5,9-13H2,1-3H3/t16-,17-/m1/s1. The van der Waals surface area contributed by atoms with Gasteiger partial charge in [0.1, 0.15) is 6.33 Å². The fourth-order valence-corrected chi connectivity index (χ4v) is 6.79. The maximum absolute atomic E-state index is 12.9. The van der Waals surface area contributed by atoms with Crippen molar-refractivity contribution in [2.75, 3.05) is 26.2 Å². The van der Waals surface area contributed by atoms with E-state index in [2.05, 4.69) is 41.0 Å². The number of hydrogen-bond donors (Lipinski definition) is 1. The largest absolute Gasteiger partial charge is 0.327 e. The fourth-order valence-electron chi connectivity index (χ4n) is 5.42. The van der Waals surface area contributed by atoms with Crippen molar-refractivity contribution in [2.45, 2.75) is 58.8 Å². The van der Waals surface area contributed by atoms with Gasteiger partial charge < -0.3 is 10.2 Å². The number of piperazine rings is 1. The molecule has 0 aliphatic carbocycles. The van der Waals surface area contributed by atoms with Crippen LogP contribution in [-0.4, -0.2) is 81.3 Å². The minimum Gasteiger partial charge on any atom is -0.318 e. The van der Waals surface area contributed by atoms with Crippen molar-refractivity contribution in [2.24, 2.45) is 0 Å². The number of nitrogens with zero attached hydrogens (tertiary/aromatic N) is 5. The highest BCUT2D eigenvalue weighted by Crippen LogP contribution is 2.38. The Balaban J connectivity index is 1.50. The third-order valence-electron chi connectivity index (χ3n) is 7.48. The number of aromatic nitrogens is 2. The number of carbonyl (C=O) groups is 2. The summed E-state index contributed by atoms with van der Waals surface area (Å²) in [5.41, 5.74) is 4.56. The quantitative estimate of drug-likeness (QED) is 0.430. The highest BCUT2D eigenvalue weighted by molar-refractivity contribution is 7.19. The van der Waals surface area contributed by atoms with E-state index in [-0.39, 0.29) is 25.4 Å². The van der Waals surface area contributed by atoms with E-state index in [9.17, 15) is 18.4 Å². The van der Waals surface area contributed by atoms with Crippen LogP contribution in [-0.2, 0) is 17.9 Å². The zero-order chi connectivity index (χ0) is 27.8. The van der Waals surface area contributed by atoms with Crippen LogP contribution in [0.15, 0.2) is 24.5 Å². The van der Waals surface area contributed by atoms with Gasteiger partial charge in [0.05, 0.1) is 29.0 Å². The zero-order valence-corrected chi connectivity index (χ0v) is 23.7. The molecule has 2 aromatic heterocycles. The number of hydrogen-bond acceptors (Lipinski definition) is 7. The van der Waals surface area contributed by atoms with Crippen molar-refractivity contribution in [3.05, 3.63) is 45.6 Å². The first-order chi connectivity index (χ1) is 18.6. The van der Waals surface area contributed by atoms with Gasteiger partial charge in [0.2, 0.25) is 5.91 Å². The maximum Gasteiger partial charge on any atom is 0.327 e. The van der Waals surface area contributed by atoms with Crippen molar-refractivity contribution in [1.29, 1.82) is 0 Å². The van der Waals surface area contributed by atoms with Crippen LogP contribution in [0.5, 0.6) is 0 Å². The lowest BCUT2D eigenvalue weighted by Gasteiger charge is -2.40. The summed E-state index contributed by atoms with van der Waals surface area (Å²) in [5, 5.41) is 4.09. The van der Waals surface area contributed by atoms with Gasteiger partial charge >= 0.3 is 6.03 Å². The number of fused-ring (bicyclic) bond motifs is 1. The minimum atomic E-state index is -2.66. The molecule has 1 aromatic carbocycles. The highest BCUT2D eigenvalue weighted by atomic mass is 35.5. The predicted octanol–water partition coefficient (Wildman–Crippen LogP) is 4.92. The lowest BCUT2D eigenvalue weighted by molar-refractivity contribution is -0.131. The molecule has 5 rings (SSSR count). The normalized spacial score (nSPS) is 21.0. The van der Waals surface area contributed by atoms with E-state index in [0.29, 0.717) is 22.6 Å². The Morgan fingerprint density at radius 2 is 1.87 bits per heavy atom. The number of thiophene rings is 1. The van der Waals surface area contributed by atoms with E-state index in [1.165, 1.54) is 17.7 Å². The first-order valence-electron chi connectivity index (χ1n) is 13.0. The molecule has 2 aliphatic rings. The summed E-state index contributed by atoms with van der Waals surface area (Å²) in [6, 6.07) is 5.76. The molecule has 0 unspecified atom stereocenters. The van der Waals surface area contributed by atoms with Crippen LogP contribution in [0.1, 0.15) is 36.3 Å². The van der Waals surface area contributed by atoms with Gasteiger partial charge in [-0.25, -0.2) is 23.5 Å². The topological polar surface area (TPSA) is 81.7 Å². The van der Waals surface area contributed by atoms with E-state index in [0.717, 1.165) is 61.4 Å². The fraction of sp³-hybridized carbons (Fsp3) is 0.481. The molecule has 208 valence electrons. The second-order valence-corrected chi connectivity index (χ2v) is 11.8. The summed E-state index contributed by atoms with van der Waals surface area (Å²) in [6.07, 6.45) is -1.14. The molecule has 0 saturated carbocycles. The molecule has 12 heteroatoms. The second-order valence-electron chi connectivity index (χ2n) is 10.3. The number of aryl methyl sites for hydroxylation is 1. The molecule has 39 heavy (non-hydrogen) atoms. The molecule has 1 N–H and O–H groups in total. The average molecular weight is 577 g/mol. The van der Waals surface area contributed by atoms with E-state index in [4.69, 9.17) is 11.6 Å². The summed E-state index contributed by atoms with van der Waals surface area (Å²) in [5.74, 6) is -0.374. The molecule has 2 aliphatic heterocycles. The molecule has 3 aromatic rings. The van der Waals surface area contributed by atoms with Crippen LogP contribution in [0, 0.1) is 6.92 Å². The molecule has 2 atom stereocenters. The van der Waals surface area contributed by atoms with Crippen LogP contribution in [0.3, 0.4) is 0 Å². The van der Waals surface area contributed by atoms with Gasteiger partial charge in [-0.1, -0.05) is 11.6 Å². The van der Waals surface area contributed by atoms with E-state index in [1.807, 2.05) is 18.2 Å². The van der Waals surface area contributed by atoms with Crippen LogP contribution in [0.25, 0.3) is 21.5 Å². The predicted molar refractivity (Wildman–Crippen MR) is 148 cm³/mol. The highest BCUT2D eigenvalue weighted by Gasteiger charge is 2.34. The van der Waals surface area contributed by atoms with Crippen molar-refractivity contribution in [3.63, 3.8) is 0 Å². The van der Waals surface area contributed by atoms with E-state index >= 15 is 0 Å². The van der Waals surface area contributed by atoms with Crippen LogP contribution in [0.4, 0.5) is 13.6 Å². The molecule has 0 spiro atoms. The van der Waals surface area contributed by atoms with Gasteiger partial charge in [0, 0.05) is 60.1 Å². The number of imide groups is 1. The lowest BCUT2D eigenvalue weighted by atomic mass is 9.96. The maximum atomic E-state index is 12.9. The van der Waals surface area contributed by atoms with Gasteiger partial charge in [-0.15, -0.1) is 11.3 Å². The first-order valence-corrected chi connectivity index (χ1v) is 14.2.